The van der Waals surface area contributed by atoms with Crippen molar-refractivity contribution in [1.29, 1.82) is 0 Å². The maximum Gasteiger partial charge on any atom is 0.250 e. The van der Waals surface area contributed by atoms with Crippen LogP contribution in [0.15, 0.2) is 18.2 Å². The number of benzene rings is 1. The standard InChI is InChI=1S/C30H38N6O/c1-16-9-17(2)34-28(33-16)36-15-20-13-29-6-5-24(36)26(20)30(29)7-8-35(14-18-3-4-18)25(29)11-19-10-23(31)21(27(32)37)12-22(19)30/h9-10,12,18,20,24-26H,3-8,11,13-15,31H2,1-2H3,(H2,32,37)/t20-,24?,25?,26?,29?,30?/m1/s1. The summed E-state index contributed by atoms with van der Waals surface area (Å²) in [7, 11) is 0. The molecule has 4 N–H and O–H groups in total. The Hall–Kier alpha value is -2.67. The average molecular weight is 499 g/mol. The fourth-order valence-corrected chi connectivity index (χ4v) is 10.3. The van der Waals surface area contributed by atoms with Crippen LogP contribution in [-0.2, 0) is 11.8 Å². The van der Waals surface area contributed by atoms with Crippen molar-refractivity contribution in [2.24, 2.45) is 28.9 Å². The van der Waals surface area contributed by atoms with Gasteiger partial charge in [0.25, 0.3) is 5.91 Å². The van der Waals surface area contributed by atoms with Gasteiger partial charge in [-0.2, -0.15) is 0 Å². The van der Waals surface area contributed by atoms with Gasteiger partial charge in [0.2, 0.25) is 5.95 Å². The van der Waals surface area contributed by atoms with Crippen LogP contribution < -0.4 is 16.4 Å². The molecule has 3 saturated carbocycles. The van der Waals surface area contributed by atoms with Crippen molar-refractivity contribution in [3.05, 3.63) is 46.3 Å². The third kappa shape index (κ3) is 2.79. The highest BCUT2D eigenvalue weighted by Crippen LogP contribution is 2.75. The molecule has 37 heavy (non-hydrogen) atoms. The summed E-state index contributed by atoms with van der Waals surface area (Å²) < 4.78 is 0. The van der Waals surface area contributed by atoms with Crippen LogP contribution in [0.1, 0.15) is 71.4 Å². The van der Waals surface area contributed by atoms with Crippen LogP contribution >= 0.6 is 0 Å². The number of hydrogen-bond donors (Lipinski definition) is 2. The summed E-state index contributed by atoms with van der Waals surface area (Å²) in [6, 6.07) is 7.33. The Morgan fingerprint density at radius 3 is 2.62 bits per heavy atom. The van der Waals surface area contributed by atoms with Gasteiger partial charge in [0.05, 0.1) is 5.56 Å². The zero-order chi connectivity index (χ0) is 25.3. The number of anilines is 2. The van der Waals surface area contributed by atoms with E-state index in [0.717, 1.165) is 42.8 Å². The number of likely N-dealkylation sites (tertiary alicyclic amines) is 1. The van der Waals surface area contributed by atoms with E-state index in [1.54, 1.807) is 0 Å². The van der Waals surface area contributed by atoms with Crippen LogP contribution in [0.4, 0.5) is 11.6 Å². The predicted molar refractivity (Wildman–Crippen MR) is 143 cm³/mol. The third-order valence-corrected chi connectivity index (χ3v) is 11.4. The van der Waals surface area contributed by atoms with Gasteiger partial charge in [-0.05, 0) is 118 Å². The lowest BCUT2D eigenvalue weighted by Crippen LogP contribution is -2.70. The topological polar surface area (TPSA) is 101 Å². The molecule has 8 rings (SSSR count). The van der Waals surface area contributed by atoms with E-state index in [4.69, 9.17) is 21.4 Å². The van der Waals surface area contributed by atoms with E-state index >= 15 is 0 Å². The van der Waals surface area contributed by atoms with Crippen LogP contribution in [0.5, 0.6) is 0 Å². The number of nitrogens with zero attached hydrogens (tertiary/aromatic N) is 4. The fraction of sp³-hybridized carbons (Fsp3) is 0.633. The molecule has 4 bridgehead atoms. The van der Waals surface area contributed by atoms with Crippen LogP contribution in [0, 0.1) is 37.0 Å². The maximum atomic E-state index is 12.4. The molecule has 2 aromatic rings. The molecule has 0 radical (unpaired) electrons. The first-order valence-electron chi connectivity index (χ1n) is 14.4. The monoisotopic (exact) mass is 498 g/mol. The van der Waals surface area contributed by atoms with Crippen molar-refractivity contribution >= 4 is 17.5 Å². The number of piperidine rings is 1. The first-order chi connectivity index (χ1) is 17.8. The molecule has 7 nitrogen and oxygen atoms in total. The summed E-state index contributed by atoms with van der Waals surface area (Å²) in [5, 5.41) is 0. The minimum absolute atomic E-state index is 0.0738. The zero-order valence-electron chi connectivity index (χ0n) is 22.0. The molecule has 1 amide bonds. The molecular formula is C30H38N6O. The SMILES string of the molecule is Cc1cc(C)nc(N2C[C@H]3CC45CCC2C3C42CCN(CC3CC3)C5Cc3cc(N)c(C(N)=O)cc32)n1. The Morgan fingerprint density at radius 2 is 1.89 bits per heavy atom. The second-order valence-electron chi connectivity index (χ2n) is 13.2. The molecule has 2 aliphatic heterocycles. The summed E-state index contributed by atoms with van der Waals surface area (Å²) in [6.45, 7) is 7.62. The molecule has 5 fully saturated rings. The van der Waals surface area contributed by atoms with Crippen molar-refractivity contribution < 1.29 is 4.79 Å². The van der Waals surface area contributed by atoms with E-state index in [-0.39, 0.29) is 10.8 Å². The Kier molecular flexibility index (Phi) is 4.37. The molecule has 1 aromatic carbocycles. The predicted octanol–water partition coefficient (Wildman–Crippen LogP) is 3.36. The molecule has 1 aromatic heterocycles. The highest BCUT2D eigenvalue weighted by atomic mass is 16.1. The van der Waals surface area contributed by atoms with Crippen molar-refractivity contribution in [2.75, 3.05) is 30.3 Å². The lowest BCUT2D eigenvalue weighted by atomic mass is 9.43. The van der Waals surface area contributed by atoms with Crippen LogP contribution in [0.2, 0.25) is 0 Å². The van der Waals surface area contributed by atoms with E-state index in [2.05, 4.69) is 41.8 Å². The van der Waals surface area contributed by atoms with Gasteiger partial charge in [-0.25, -0.2) is 9.97 Å². The average Bonchev–Trinajstić information content (AvgIpc) is 3.53. The number of aryl methyl sites for hydroxylation is 2. The number of carbonyl (C=O) groups is 1. The largest absolute Gasteiger partial charge is 0.398 e. The molecule has 7 heteroatoms. The van der Waals surface area contributed by atoms with Crippen molar-refractivity contribution in [3.63, 3.8) is 0 Å². The normalized spacial score (nSPS) is 37.4. The van der Waals surface area contributed by atoms with Crippen molar-refractivity contribution in [2.45, 2.75) is 76.3 Å². The number of aromatic nitrogens is 2. The zero-order valence-corrected chi connectivity index (χ0v) is 22.0. The second kappa shape index (κ2) is 7.25. The third-order valence-electron chi connectivity index (χ3n) is 11.4. The Balaban J connectivity index is 1.30. The van der Waals surface area contributed by atoms with Crippen LogP contribution in [0.25, 0.3) is 0 Å². The first kappa shape index (κ1) is 22.3. The molecule has 2 saturated heterocycles. The van der Waals surface area contributed by atoms with Gasteiger partial charge in [-0.3, -0.25) is 9.69 Å². The number of rotatable bonds is 4. The highest BCUT2D eigenvalue weighted by Gasteiger charge is 2.76. The second-order valence-corrected chi connectivity index (χ2v) is 13.2. The van der Waals surface area contributed by atoms with Gasteiger partial charge >= 0.3 is 0 Å². The lowest BCUT2D eigenvalue weighted by molar-refractivity contribution is -0.0920. The molecule has 6 aliphatic rings. The minimum Gasteiger partial charge on any atom is -0.398 e. The van der Waals surface area contributed by atoms with Gasteiger partial charge in [-0.15, -0.1) is 0 Å². The number of fused-ring (bicyclic) bond motifs is 1. The quantitative estimate of drug-likeness (QED) is 0.627. The first-order valence-corrected chi connectivity index (χ1v) is 14.4. The summed E-state index contributed by atoms with van der Waals surface area (Å²) >= 11 is 0. The van der Waals surface area contributed by atoms with Gasteiger partial charge in [0.1, 0.15) is 0 Å². The van der Waals surface area contributed by atoms with Crippen molar-refractivity contribution in [1.82, 2.24) is 14.9 Å². The van der Waals surface area contributed by atoms with Crippen LogP contribution in [0.3, 0.4) is 0 Å². The fourth-order valence-electron chi connectivity index (χ4n) is 10.3. The minimum atomic E-state index is -0.407. The molecule has 5 unspecified atom stereocenters. The van der Waals surface area contributed by atoms with Gasteiger partial charge in [-0.1, -0.05) is 0 Å². The lowest BCUT2D eigenvalue weighted by Gasteiger charge is -2.66. The summed E-state index contributed by atoms with van der Waals surface area (Å²) in [5.74, 6) is 2.58. The summed E-state index contributed by atoms with van der Waals surface area (Å²) in [6.07, 6.45) is 8.74. The van der Waals surface area contributed by atoms with Crippen LogP contribution in [-0.4, -0.2) is 52.5 Å². The summed E-state index contributed by atoms with van der Waals surface area (Å²) in [4.78, 5) is 27.7. The van der Waals surface area contributed by atoms with Gasteiger partial charge < -0.3 is 16.4 Å². The molecule has 0 spiro atoms. The Bertz CT molecular complexity index is 1320. The number of nitrogens with two attached hydrogens (primary N) is 2. The Morgan fingerprint density at radius 1 is 1.11 bits per heavy atom. The smallest absolute Gasteiger partial charge is 0.250 e. The van der Waals surface area contributed by atoms with E-state index in [0.29, 0.717) is 35.2 Å². The van der Waals surface area contributed by atoms with E-state index in [9.17, 15) is 4.79 Å². The maximum absolute atomic E-state index is 12.4. The van der Waals surface area contributed by atoms with Gasteiger partial charge in [0, 0.05) is 47.7 Å². The molecule has 194 valence electrons. The highest BCUT2D eigenvalue weighted by molar-refractivity contribution is 5.98. The number of hydrogen-bond acceptors (Lipinski definition) is 6. The molecule has 3 heterocycles. The van der Waals surface area contributed by atoms with E-state index in [1.165, 1.54) is 56.2 Å². The number of nitrogen functional groups attached to an aromatic ring is 1. The molecule has 6 atom stereocenters. The number of carbonyl (C=O) groups excluding carboxylic acids is 1. The molecular weight excluding hydrogens is 460 g/mol. The van der Waals surface area contributed by atoms with Gasteiger partial charge in [0.15, 0.2) is 0 Å². The molecule has 4 aliphatic carbocycles. The Labute approximate surface area is 219 Å². The van der Waals surface area contributed by atoms with E-state index in [1.807, 2.05) is 0 Å². The number of amides is 1. The summed E-state index contributed by atoms with van der Waals surface area (Å²) in [5.41, 5.74) is 18.5. The number of primary amides is 1. The van der Waals surface area contributed by atoms with E-state index < -0.39 is 5.91 Å². The van der Waals surface area contributed by atoms with Crippen molar-refractivity contribution in [3.8, 4) is 0 Å².